The number of ether oxygens (including phenoxy) is 2. The van der Waals surface area contributed by atoms with Gasteiger partial charge in [-0.05, 0) is 35.9 Å². The van der Waals surface area contributed by atoms with Crippen molar-refractivity contribution >= 4 is 11.9 Å². The van der Waals surface area contributed by atoms with Gasteiger partial charge >= 0.3 is 0 Å². The van der Waals surface area contributed by atoms with E-state index in [0.29, 0.717) is 5.57 Å². The largest absolute Gasteiger partial charge is 0.504 e. The Kier molecular flexibility index (Phi) is 3.47. The van der Waals surface area contributed by atoms with Gasteiger partial charge in [-0.3, -0.25) is 4.79 Å². The second-order valence-corrected chi connectivity index (χ2v) is 4.87. The minimum Gasteiger partial charge on any atom is -0.504 e. The number of aromatic hydroxyl groups is 2. The van der Waals surface area contributed by atoms with E-state index in [2.05, 4.69) is 0 Å². The summed E-state index contributed by atoms with van der Waals surface area (Å²) in [5.41, 5.74) is 1.56. The van der Waals surface area contributed by atoms with Gasteiger partial charge in [-0.2, -0.15) is 0 Å². The highest BCUT2D eigenvalue weighted by Gasteiger charge is 2.27. The number of Topliss-reactive ketones (excluding diaryl/α,β-unsaturated/α-hetero) is 1. The number of hydrogen-bond acceptors (Lipinski definition) is 5. The zero-order valence-electron chi connectivity index (χ0n) is 11.9. The molecule has 0 radical (unpaired) electrons. The Balaban J connectivity index is 1.95. The lowest BCUT2D eigenvalue weighted by molar-refractivity contribution is 0.0998. The smallest absolute Gasteiger partial charge is 0.201 e. The number of rotatable bonds is 2. The SMILES string of the molecule is COc1ccc(/C=C2\COc3c(ccc(O)c3O)C2=O)cc1. The first-order chi connectivity index (χ1) is 10.6. The van der Waals surface area contributed by atoms with Gasteiger partial charge in [0.15, 0.2) is 17.3 Å². The normalized spacial score (nSPS) is 15.3. The molecule has 5 nitrogen and oxygen atoms in total. The standard InChI is InChI=1S/C17H14O5/c1-21-12-4-2-10(3-5-12)8-11-9-22-17-13(15(11)19)6-7-14(18)16(17)20/h2-8,18,20H,9H2,1H3/b11-8+. The molecule has 112 valence electrons. The highest BCUT2D eigenvalue weighted by molar-refractivity contribution is 6.14. The van der Waals surface area contributed by atoms with Crippen LogP contribution in [0.4, 0.5) is 0 Å². The van der Waals surface area contributed by atoms with Crippen LogP contribution in [0.15, 0.2) is 42.0 Å². The summed E-state index contributed by atoms with van der Waals surface area (Å²) < 4.78 is 10.5. The Labute approximate surface area is 127 Å². The highest BCUT2D eigenvalue weighted by atomic mass is 16.5. The fourth-order valence-electron chi connectivity index (χ4n) is 2.28. The molecular formula is C17H14O5. The number of fused-ring (bicyclic) bond motifs is 1. The minimum atomic E-state index is -0.408. The molecule has 2 aromatic rings. The Hall–Kier alpha value is -2.95. The molecule has 0 aliphatic carbocycles. The molecule has 5 heteroatoms. The average molecular weight is 298 g/mol. The number of carbonyl (C=O) groups excluding carboxylic acids is 1. The Morgan fingerprint density at radius 3 is 2.55 bits per heavy atom. The molecule has 22 heavy (non-hydrogen) atoms. The maximum Gasteiger partial charge on any atom is 0.201 e. The zero-order valence-corrected chi connectivity index (χ0v) is 11.9. The van der Waals surface area contributed by atoms with E-state index >= 15 is 0 Å². The van der Waals surface area contributed by atoms with Gasteiger partial charge in [0.05, 0.1) is 12.7 Å². The molecule has 0 fully saturated rings. The van der Waals surface area contributed by atoms with Gasteiger partial charge < -0.3 is 19.7 Å². The maximum absolute atomic E-state index is 12.4. The molecule has 0 aromatic heterocycles. The van der Waals surface area contributed by atoms with Gasteiger partial charge in [0, 0.05) is 5.57 Å². The Morgan fingerprint density at radius 1 is 1.14 bits per heavy atom. The predicted octanol–water partition coefficient (Wildman–Crippen LogP) is 2.77. The van der Waals surface area contributed by atoms with Gasteiger partial charge in [0.25, 0.3) is 0 Å². The van der Waals surface area contributed by atoms with Crippen LogP contribution in [0.1, 0.15) is 15.9 Å². The number of phenolic OH excluding ortho intramolecular Hbond substituents is 2. The summed E-state index contributed by atoms with van der Waals surface area (Å²) in [5, 5.41) is 19.2. The number of carbonyl (C=O) groups is 1. The van der Waals surface area contributed by atoms with E-state index in [1.54, 1.807) is 25.3 Å². The average Bonchev–Trinajstić information content (AvgIpc) is 2.54. The van der Waals surface area contributed by atoms with E-state index in [0.717, 1.165) is 11.3 Å². The summed E-state index contributed by atoms with van der Waals surface area (Å²) in [4.78, 5) is 12.4. The molecule has 1 aliphatic rings. The highest BCUT2D eigenvalue weighted by Crippen LogP contribution is 2.41. The lowest BCUT2D eigenvalue weighted by Crippen LogP contribution is -2.19. The van der Waals surface area contributed by atoms with Crippen molar-refractivity contribution in [2.24, 2.45) is 0 Å². The first-order valence-corrected chi connectivity index (χ1v) is 6.67. The lowest BCUT2D eigenvalue weighted by atomic mass is 9.98. The summed E-state index contributed by atoms with van der Waals surface area (Å²) in [7, 11) is 1.59. The molecule has 2 N–H and O–H groups in total. The molecule has 1 aliphatic heterocycles. The molecule has 0 amide bonds. The zero-order chi connectivity index (χ0) is 15.7. The third kappa shape index (κ3) is 2.37. The Bertz CT molecular complexity index is 759. The fourth-order valence-corrected chi connectivity index (χ4v) is 2.28. The van der Waals surface area contributed by atoms with Crippen molar-refractivity contribution < 1.29 is 24.5 Å². The van der Waals surface area contributed by atoms with Crippen molar-refractivity contribution in [2.75, 3.05) is 13.7 Å². The van der Waals surface area contributed by atoms with Crippen LogP contribution in [0.2, 0.25) is 0 Å². The van der Waals surface area contributed by atoms with Crippen LogP contribution < -0.4 is 9.47 Å². The van der Waals surface area contributed by atoms with Crippen LogP contribution in [0.25, 0.3) is 6.08 Å². The second kappa shape index (κ2) is 5.44. The number of methoxy groups -OCH3 is 1. The molecule has 3 rings (SSSR count). The molecule has 0 saturated carbocycles. The van der Waals surface area contributed by atoms with Crippen molar-refractivity contribution in [1.29, 1.82) is 0 Å². The van der Waals surface area contributed by atoms with E-state index < -0.39 is 5.75 Å². The molecule has 0 atom stereocenters. The monoisotopic (exact) mass is 298 g/mol. The van der Waals surface area contributed by atoms with Gasteiger partial charge in [-0.1, -0.05) is 12.1 Å². The van der Waals surface area contributed by atoms with Gasteiger partial charge in [0.1, 0.15) is 12.4 Å². The molecule has 2 aromatic carbocycles. The molecule has 0 spiro atoms. The number of benzene rings is 2. The van der Waals surface area contributed by atoms with E-state index in [-0.39, 0.29) is 29.5 Å². The second-order valence-electron chi connectivity index (χ2n) is 4.87. The summed E-state index contributed by atoms with van der Waals surface area (Å²) >= 11 is 0. The molecule has 0 saturated heterocycles. The molecular weight excluding hydrogens is 284 g/mol. The number of phenols is 2. The quantitative estimate of drug-likeness (QED) is 0.658. The third-order valence-corrected chi connectivity index (χ3v) is 3.48. The first-order valence-electron chi connectivity index (χ1n) is 6.67. The van der Waals surface area contributed by atoms with E-state index in [1.807, 2.05) is 12.1 Å². The van der Waals surface area contributed by atoms with Gasteiger partial charge in [-0.25, -0.2) is 0 Å². The fraction of sp³-hybridized carbons (Fsp3) is 0.118. The third-order valence-electron chi connectivity index (χ3n) is 3.48. The van der Waals surface area contributed by atoms with Crippen LogP contribution >= 0.6 is 0 Å². The van der Waals surface area contributed by atoms with Crippen molar-refractivity contribution in [2.45, 2.75) is 0 Å². The van der Waals surface area contributed by atoms with Crippen LogP contribution in [-0.2, 0) is 0 Å². The van der Waals surface area contributed by atoms with Crippen molar-refractivity contribution in [3.05, 3.63) is 53.1 Å². The van der Waals surface area contributed by atoms with E-state index in [9.17, 15) is 15.0 Å². The summed E-state index contributed by atoms with van der Waals surface area (Å²) in [6, 6.07) is 9.99. The first kappa shape index (κ1) is 14.0. The van der Waals surface area contributed by atoms with Crippen molar-refractivity contribution in [3.8, 4) is 23.0 Å². The number of ketones is 1. The van der Waals surface area contributed by atoms with E-state index in [1.165, 1.54) is 12.1 Å². The summed E-state index contributed by atoms with van der Waals surface area (Å²) in [6.07, 6.45) is 1.73. The minimum absolute atomic E-state index is 0.0249. The lowest BCUT2D eigenvalue weighted by Gasteiger charge is -2.20. The molecule has 1 heterocycles. The number of hydrogen-bond donors (Lipinski definition) is 2. The maximum atomic E-state index is 12.4. The van der Waals surface area contributed by atoms with Gasteiger partial charge in [0.2, 0.25) is 5.75 Å². The van der Waals surface area contributed by atoms with Gasteiger partial charge in [-0.15, -0.1) is 0 Å². The van der Waals surface area contributed by atoms with Crippen molar-refractivity contribution in [1.82, 2.24) is 0 Å². The summed E-state index contributed by atoms with van der Waals surface area (Å²) in [6.45, 7) is 0.0366. The van der Waals surface area contributed by atoms with E-state index in [4.69, 9.17) is 9.47 Å². The molecule has 0 unspecified atom stereocenters. The van der Waals surface area contributed by atoms with Crippen molar-refractivity contribution in [3.63, 3.8) is 0 Å². The summed E-state index contributed by atoms with van der Waals surface area (Å²) in [5.74, 6) is -0.188. The van der Waals surface area contributed by atoms with Crippen LogP contribution in [0.5, 0.6) is 23.0 Å². The van der Waals surface area contributed by atoms with Crippen LogP contribution in [0.3, 0.4) is 0 Å². The van der Waals surface area contributed by atoms with Crippen LogP contribution in [-0.4, -0.2) is 29.7 Å². The molecule has 0 bridgehead atoms. The van der Waals surface area contributed by atoms with Crippen LogP contribution in [0, 0.1) is 0 Å². The predicted molar refractivity (Wildman–Crippen MR) is 80.6 cm³/mol. The topological polar surface area (TPSA) is 76.0 Å². The Morgan fingerprint density at radius 2 is 1.86 bits per heavy atom.